The molecule has 1 N–H and O–H groups in total. The van der Waals surface area contributed by atoms with Crippen molar-refractivity contribution in [2.45, 2.75) is 24.4 Å². The van der Waals surface area contributed by atoms with Crippen molar-refractivity contribution in [3.05, 3.63) is 35.1 Å². The number of methoxy groups -OCH3 is 1. The van der Waals surface area contributed by atoms with Gasteiger partial charge in [0.25, 0.3) is 0 Å². The number of halogens is 1. The number of esters is 1. The minimum absolute atomic E-state index is 0.0689. The van der Waals surface area contributed by atoms with Crippen molar-refractivity contribution in [1.29, 1.82) is 0 Å². The van der Waals surface area contributed by atoms with Crippen molar-refractivity contribution in [2.75, 3.05) is 7.11 Å². The predicted octanol–water partition coefficient (Wildman–Crippen LogP) is 1.33. The summed E-state index contributed by atoms with van der Waals surface area (Å²) in [5.74, 6) is -0.373. The van der Waals surface area contributed by atoms with Crippen molar-refractivity contribution in [3.8, 4) is 0 Å². The van der Waals surface area contributed by atoms with Crippen LogP contribution in [0, 0.1) is 5.82 Å². The second kappa shape index (κ2) is 3.04. The summed E-state index contributed by atoms with van der Waals surface area (Å²) in [6.45, 7) is 0.396. The molecule has 0 unspecified atom stereocenters. The van der Waals surface area contributed by atoms with Crippen LogP contribution >= 0.6 is 0 Å². The van der Waals surface area contributed by atoms with Gasteiger partial charge in [0, 0.05) is 18.0 Å². The average Bonchev–Trinajstić information content (AvgIpc) is 3.04. The molecule has 0 spiro atoms. The monoisotopic (exact) mass is 221 g/mol. The maximum atomic E-state index is 13.5. The van der Waals surface area contributed by atoms with E-state index in [4.69, 9.17) is 4.74 Å². The maximum Gasteiger partial charge on any atom is 0.326 e. The zero-order valence-corrected chi connectivity index (χ0v) is 8.92. The molecule has 4 heteroatoms. The molecule has 1 fully saturated rings. The zero-order chi connectivity index (χ0) is 11.3. The minimum atomic E-state index is -0.588. The lowest BCUT2D eigenvalue weighted by molar-refractivity contribution is -0.144. The van der Waals surface area contributed by atoms with E-state index in [0.29, 0.717) is 18.5 Å². The van der Waals surface area contributed by atoms with E-state index >= 15 is 0 Å². The van der Waals surface area contributed by atoms with Crippen molar-refractivity contribution >= 4 is 5.97 Å². The highest BCUT2D eigenvalue weighted by Gasteiger charge is 2.63. The van der Waals surface area contributed by atoms with Gasteiger partial charge < -0.3 is 4.74 Å². The number of benzene rings is 1. The molecule has 0 aromatic heterocycles. The van der Waals surface area contributed by atoms with E-state index in [1.54, 1.807) is 6.07 Å². The first kappa shape index (κ1) is 9.78. The Hall–Kier alpha value is -1.42. The molecule has 0 amide bonds. The molecular formula is C12H12FNO2. The van der Waals surface area contributed by atoms with Crippen molar-refractivity contribution in [3.63, 3.8) is 0 Å². The van der Waals surface area contributed by atoms with Crippen LogP contribution in [0.15, 0.2) is 18.2 Å². The summed E-state index contributed by atoms with van der Waals surface area (Å²) < 4.78 is 18.3. The number of hydrogen-bond donors (Lipinski definition) is 1. The summed E-state index contributed by atoms with van der Waals surface area (Å²) in [6.07, 6.45) is 0.704. The molecule has 84 valence electrons. The summed E-state index contributed by atoms with van der Waals surface area (Å²) in [7, 11) is 1.38. The Morgan fingerprint density at radius 3 is 3.19 bits per heavy atom. The molecule has 1 aliphatic carbocycles. The van der Waals surface area contributed by atoms with Gasteiger partial charge in [0.05, 0.1) is 7.11 Å². The summed E-state index contributed by atoms with van der Waals surface area (Å²) >= 11 is 0. The molecule has 16 heavy (non-hydrogen) atoms. The van der Waals surface area contributed by atoms with E-state index in [0.717, 1.165) is 5.56 Å². The van der Waals surface area contributed by atoms with Gasteiger partial charge in [-0.05, 0) is 18.1 Å². The third-order valence-electron chi connectivity index (χ3n) is 3.62. The highest BCUT2D eigenvalue weighted by atomic mass is 19.1. The van der Waals surface area contributed by atoms with Crippen LogP contribution in [-0.2, 0) is 16.1 Å². The summed E-state index contributed by atoms with van der Waals surface area (Å²) in [6, 6.07) is 5.04. The second-order valence-electron chi connectivity index (χ2n) is 4.38. The number of carbonyl (C=O) groups is 1. The first-order chi connectivity index (χ1) is 7.69. The van der Waals surface area contributed by atoms with E-state index < -0.39 is 5.54 Å². The SMILES string of the molecule is COC(=O)[C@@]12C[C@H]1c1cccc(F)c1CN2. The van der Waals surface area contributed by atoms with E-state index in [1.165, 1.54) is 13.2 Å². The highest BCUT2D eigenvalue weighted by Crippen LogP contribution is 2.55. The Bertz CT molecular complexity index is 474. The Kier molecular flexibility index (Phi) is 1.86. The smallest absolute Gasteiger partial charge is 0.326 e. The van der Waals surface area contributed by atoms with Gasteiger partial charge in [-0.2, -0.15) is 0 Å². The third-order valence-corrected chi connectivity index (χ3v) is 3.62. The number of nitrogens with one attached hydrogen (secondary N) is 1. The number of carbonyl (C=O) groups excluding carboxylic acids is 1. The van der Waals surface area contributed by atoms with Crippen molar-refractivity contribution < 1.29 is 13.9 Å². The fraction of sp³-hybridized carbons (Fsp3) is 0.417. The molecular weight excluding hydrogens is 209 g/mol. The molecule has 1 aromatic rings. The molecule has 1 heterocycles. The Morgan fingerprint density at radius 2 is 2.44 bits per heavy atom. The van der Waals surface area contributed by atoms with Gasteiger partial charge in [-0.3, -0.25) is 10.1 Å². The van der Waals surface area contributed by atoms with Gasteiger partial charge in [0.1, 0.15) is 11.4 Å². The molecule has 1 aliphatic heterocycles. The van der Waals surface area contributed by atoms with Crippen LogP contribution in [0.25, 0.3) is 0 Å². The standard InChI is InChI=1S/C12H12FNO2/c1-16-11(15)12-5-9(12)7-3-2-4-10(13)8(7)6-14-12/h2-4,9,14H,5-6H2,1H3/t9-,12+/m0/s1. The lowest BCUT2D eigenvalue weighted by Gasteiger charge is -2.24. The van der Waals surface area contributed by atoms with Crippen LogP contribution in [0.5, 0.6) is 0 Å². The number of fused-ring (bicyclic) bond motifs is 3. The van der Waals surface area contributed by atoms with Gasteiger partial charge in [-0.1, -0.05) is 12.1 Å². The van der Waals surface area contributed by atoms with Gasteiger partial charge >= 0.3 is 5.97 Å². The lowest BCUT2D eigenvalue weighted by Crippen LogP contribution is -2.44. The zero-order valence-electron chi connectivity index (χ0n) is 8.92. The number of rotatable bonds is 1. The topological polar surface area (TPSA) is 38.3 Å². The normalized spacial score (nSPS) is 30.2. The van der Waals surface area contributed by atoms with E-state index in [1.807, 2.05) is 6.07 Å². The fourth-order valence-corrected chi connectivity index (χ4v) is 2.65. The average molecular weight is 221 g/mol. The number of hydrogen-bond acceptors (Lipinski definition) is 3. The third kappa shape index (κ3) is 1.08. The summed E-state index contributed by atoms with van der Waals surface area (Å²) in [5, 5.41) is 3.10. The summed E-state index contributed by atoms with van der Waals surface area (Å²) in [5.41, 5.74) is 1.05. The predicted molar refractivity (Wildman–Crippen MR) is 55.3 cm³/mol. The van der Waals surface area contributed by atoms with Crippen LogP contribution in [0.2, 0.25) is 0 Å². The van der Waals surface area contributed by atoms with E-state index in [-0.39, 0.29) is 17.7 Å². The summed E-state index contributed by atoms with van der Waals surface area (Å²) in [4.78, 5) is 11.6. The first-order valence-corrected chi connectivity index (χ1v) is 5.30. The first-order valence-electron chi connectivity index (χ1n) is 5.30. The molecule has 0 bridgehead atoms. The van der Waals surface area contributed by atoms with Gasteiger partial charge in [0.2, 0.25) is 0 Å². The van der Waals surface area contributed by atoms with Crippen LogP contribution in [0.4, 0.5) is 4.39 Å². The van der Waals surface area contributed by atoms with E-state index in [2.05, 4.69) is 5.32 Å². The molecule has 1 saturated carbocycles. The molecule has 2 atom stereocenters. The van der Waals surface area contributed by atoms with Crippen LogP contribution < -0.4 is 5.32 Å². The van der Waals surface area contributed by atoms with Crippen molar-refractivity contribution in [1.82, 2.24) is 5.32 Å². The van der Waals surface area contributed by atoms with Crippen LogP contribution in [0.1, 0.15) is 23.5 Å². The van der Waals surface area contributed by atoms with Gasteiger partial charge in [-0.15, -0.1) is 0 Å². The molecule has 0 saturated heterocycles. The van der Waals surface area contributed by atoms with Gasteiger partial charge in [-0.25, -0.2) is 4.39 Å². The molecule has 2 aliphatic rings. The molecule has 3 nitrogen and oxygen atoms in total. The molecule has 0 radical (unpaired) electrons. The van der Waals surface area contributed by atoms with Crippen LogP contribution in [-0.4, -0.2) is 18.6 Å². The largest absolute Gasteiger partial charge is 0.468 e. The molecule has 3 rings (SSSR count). The molecule has 1 aromatic carbocycles. The Morgan fingerprint density at radius 1 is 1.62 bits per heavy atom. The Labute approximate surface area is 92.6 Å². The maximum absolute atomic E-state index is 13.5. The number of ether oxygens (including phenoxy) is 1. The van der Waals surface area contributed by atoms with E-state index in [9.17, 15) is 9.18 Å². The quantitative estimate of drug-likeness (QED) is 0.727. The van der Waals surface area contributed by atoms with Crippen LogP contribution in [0.3, 0.4) is 0 Å². The van der Waals surface area contributed by atoms with Gasteiger partial charge in [0.15, 0.2) is 0 Å². The lowest BCUT2D eigenvalue weighted by atomic mass is 9.95. The highest BCUT2D eigenvalue weighted by molar-refractivity contribution is 5.87. The second-order valence-corrected chi connectivity index (χ2v) is 4.38. The fourth-order valence-electron chi connectivity index (χ4n) is 2.65. The Balaban J connectivity index is 2.02. The minimum Gasteiger partial charge on any atom is -0.468 e. The van der Waals surface area contributed by atoms with Crippen molar-refractivity contribution in [2.24, 2.45) is 0 Å².